The van der Waals surface area contributed by atoms with Crippen molar-refractivity contribution >= 4 is 27.4 Å². The van der Waals surface area contributed by atoms with E-state index < -0.39 is 6.10 Å². The normalized spacial score (nSPS) is 16.4. The third-order valence-corrected chi connectivity index (χ3v) is 5.87. The van der Waals surface area contributed by atoms with Crippen molar-refractivity contribution in [2.24, 2.45) is 0 Å². The number of aromatic amines is 1. The number of hydrogen-bond acceptors (Lipinski definition) is 2. The minimum Gasteiger partial charge on any atom is -0.390 e. The molecule has 0 radical (unpaired) electrons. The summed E-state index contributed by atoms with van der Waals surface area (Å²) in [6, 6.07) is 15.2. The molecular formula is C24H24FN3O. The maximum atomic E-state index is 13.9. The van der Waals surface area contributed by atoms with Crippen molar-refractivity contribution in [1.29, 1.82) is 0 Å². The summed E-state index contributed by atoms with van der Waals surface area (Å²) in [5.74, 6) is -0.221. The van der Waals surface area contributed by atoms with E-state index in [1.807, 2.05) is 22.9 Å². The maximum absolute atomic E-state index is 13.9. The Morgan fingerprint density at radius 3 is 2.79 bits per heavy atom. The van der Waals surface area contributed by atoms with Crippen LogP contribution in [0.3, 0.4) is 0 Å². The zero-order valence-electron chi connectivity index (χ0n) is 16.2. The summed E-state index contributed by atoms with van der Waals surface area (Å²) in [5, 5.41) is 12.5. The highest BCUT2D eigenvalue weighted by Gasteiger charge is 2.18. The second kappa shape index (κ2) is 7.50. The van der Waals surface area contributed by atoms with Gasteiger partial charge in [0, 0.05) is 60.4 Å². The van der Waals surface area contributed by atoms with Gasteiger partial charge < -0.3 is 14.7 Å². The van der Waals surface area contributed by atoms with Gasteiger partial charge in [-0.25, -0.2) is 4.39 Å². The van der Waals surface area contributed by atoms with Crippen LogP contribution in [0.15, 0.2) is 67.0 Å². The Labute approximate surface area is 168 Å². The van der Waals surface area contributed by atoms with Gasteiger partial charge in [0.15, 0.2) is 0 Å². The monoisotopic (exact) mass is 389 g/mol. The molecule has 5 rings (SSSR count). The van der Waals surface area contributed by atoms with E-state index in [9.17, 15) is 9.50 Å². The molecule has 4 aromatic rings. The van der Waals surface area contributed by atoms with Crippen molar-refractivity contribution < 1.29 is 9.50 Å². The fraction of sp³-hybridized carbons (Fsp3) is 0.250. The third kappa shape index (κ3) is 3.48. The second-order valence-electron chi connectivity index (χ2n) is 7.78. The highest BCUT2D eigenvalue weighted by Crippen LogP contribution is 2.29. The number of fused-ring (bicyclic) bond motifs is 2. The molecule has 1 aliphatic heterocycles. The molecule has 0 saturated heterocycles. The van der Waals surface area contributed by atoms with Crippen molar-refractivity contribution in [2.75, 3.05) is 19.6 Å². The van der Waals surface area contributed by atoms with Crippen molar-refractivity contribution in [3.63, 3.8) is 0 Å². The van der Waals surface area contributed by atoms with Crippen LogP contribution in [0, 0.1) is 5.82 Å². The van der Waals surface area contributed by atoms with Crippen LogP contribution in [0.5, 0.6) is 0 Å². The van der Waals surface area contributed by atoms with Gasteiger partial charge in [-0.1, -0.05) is 30.3 Å². The Morgan fingerprint density at radius 1 is 1.03 bits per heavy atom. The van der Waals surface area contributed by atoms with E-state index in [4.69, 9.17) is 0 Å². The molecule has 3 heterocycles. The molecule has 0 fully saturated rings. The molecule has 0 aliphatic carbocycles. The number of para-hydroxylation sites is 1. The van der Waals surface area contributed by atoms with Crippen molar-refractivity contribution in [2.45, 2.75) is 19.1 Å². The predicted molar refractivity (Wildman–Crippen MR) is 115 cm³/mol. The highest BCUT2D eigenvalue weighted by molar-refractivity contribution is 5.92. The standard InChI is InChI=1S/C24H24FN3O/c25-22-5-3-7-24-20(22)10-13-28(24)16-18(29)15-27-11-8-17(9-12-27)21-14-26-23-6-2-1-4-19(21)23/h1-8,10,13-14,18,26,29H,9,11-12,15-16H2/t18-/m0/s1. The van der Waals surface area contributed by atoms with Crippen LogP contribution in [-0.4, -0.2) is 45.3 Å². The van der Waals surface area contributed by atoms with Gasteiger partial charge in [0.2, 0.25) is 0 Å². The summed E-state index contributed by atoms with van der Waals surface area (Å²) >= 11 is 0. The average Bonchev–Trinajstić information content (AvgIpc) is 3.34. The molecule has 2 aromatic carbocycles. The lowest BCUT2D eigenvalue weighted by Crippen LogP contribution is -2.37. The summed E-state index contributed by atoms with van der Waals surface area (Å²) in [6.07, 6.45) is 6.68. The first-order valence-electron chi connectivity index (χ1n) is 10.1. The summed E-state index contributed by atoms with van der Waals surface area (Å²) < 4.78 is 15.8. The van der Waals surface area contributed by atoms with E-state index >= 15 is 0 Å². The number of nitrogens with one attached hydrogen (secondary N) is 1. The molecule has 2 N–H and O–H groups in total. The molecule has 0 amide bonds. The van der Waals surface area contributed by atoms with Crippen LogP contribution in [0.2, 0.25) is 0 Å². The van der Waals surface area contributed by atoms with E-state index in [0.717, 1.165) is 30.5 Å². The van der Waals surface area contributed by atoms with E-state index in [0.29, 0.717) is 18.5 Å². The van der Waals surface area contributed by atoms with Crippen LogP contribution in [0.4, 0.5) is 4.39 Å². The number of aliphatic hydroxyl groups is 1. The molecule has 0 saturated carbocycles. The quantitative estimate of drug-likeness (QED) is 0.531. The van der Waals surface area contributed by atoms with Gasteiger partial charge in [-0.3, -0.25) is 4.90 Å². The van der Waals surface area contributed by atoms with E-state index in [2.05, 4.69) is 40.4 Å². The highest BCUT2D eigenvalue weighted by atomic mass is 19.1. The number of aromatic nitrogens is 2. The first kappa shape index (κ1) is 18.2. The van der Waals surface area contributed by atoms with Crippen molar-refractivity contribution in [3.05, 3.63) is 78.4 Å². The molecule has 1 aliphatic rings. The lowest BCUT2D eigenvalue weighted by Gasteiger charge is -2.28. The summed E-state index contributed by atoms with van der Waals surface area (Å²) in [4.78, 5) is 5.62. The van der Waals surface area contributed by atoms with Crippen LogP contribution in [0.25, 0.3) is 27.4 Å². The lowest BCUT2D eigenvalue weighted by atomic mass is 9.99. The molecule has 2 aromatic heterocycles. The molecule has 29 heavy (non-hydrogen) atoms. The molecule has 0 bridgehead atoms. The number of H-pyrrole nitrogens is 1. The summed E-state index contributed by atoms with van der Waals surface area (Å²) in [5.41, 5.74) is 4.63. The summed E-state index contributed by atoms with van der Waals surface area (Å²) in [7, 11) is 0. The smallest absolute Gasteiger partial charge is 0.132 e. The average molecular weight is 389 g/mol. The van der Waals surface area contributed by atoms with Gasteiger partial charge >= 0.3 is 0 Å². The molecular weight excluding hydrogens is 365 g/mol. The minimum absolute atomic E-state index is 0.221. The fourth-order valence-electron chi connectivity index (χ4n) is 4.39. The Hall–Kier alpha value is -2.89. The number of β-amino-alcohol motifs (C(OH)–C–C–N with tert-alkyl or cyclic N) is 1. The van der Waals surface area contributed by atoms with Gasteiger partial charge in [-0.2, -0.15) is 0 Å². The molecule has 1 atom stereocenters. The zero-order chi connectivity index (χ0) is 19.8. The maximum Gasteiger partial charge on any atom is 0.132 e. The van der Waals surface area contributed by atoms with Gasteiger partial charge in [-0.15, -0.1) is 0 Å². The number of hydrogen-bond donors (Lipinski definition) is 2. The van der Waals surface area contributed by atoms with Gasteiger partial charge in [0.05, 0.1) is 11.6 Å². The lowest BCUT2D eigenvalue weighted by molar-refractivity contribution is 0.104. The number of nitrogens with zero attached hydrogens (tertiary/aromatic N) is 2. The van der Waals surface area contributed by atoms with Crippen LogP contribution in [-0.2, 0) is 6.54 Å². The predicted octanol–water partition coefficient (Wildman–Crippen LogP) is 4.41. The third-order valence-electron chi connectivity index (χ3n) is 5.87. The fourth-order valence-corrected chi connectivity index (χ4v) is 4.39. The molecule has 0 unspecified atom stereocenters. The zero-order valence-corrected chi connectivity index (χ0v) is 16.2. The number of rotatable bonds is 5. The van der Waals surface area contributed by atoms with Crippen molar-refractivity contribution in [1.82, 2.24) is 14.5 Å². The molecule has 148 valence electrons. The van der Waals surface area contributed by atoms with Crippen LogP contribution >= 0.6 is 0 Å². The van der Waals surface area contributed by atoms with E-state index in [1.165, 1.54) is 22.6 Å². The van der Waals surface area contributed by atoms with E-state index in [-0.39, 0.29) is 5.82 Å². The molecule has 0 spiro atoms. The van der Waals surface area contributed by atoms with Gasteiger partial charge in [-0.05, 0) is 36.3 Å². The Balaban J connectivity index is 1.24. The first-order valence-corrected chi connectivity index (χ1v) is 10.1. The molecule has 5 heteroatoms. The van der Waals surface area contributed by atoms with Crippen LogP contribution in [0.1, 0.15) is 12.0 Å². The van der Waals surface area contributed by atoms with E-state index in [1.54, 1.807) is 12.1 Å². The largest absolute Gasteiger partial charge is 0.390 e. The molecule has 4 nitrogen and oxygen atoms in total. The number of benzene rings is 2. The minimum atomic E-state index is -0.503. The Kier molecular flexibility index (Phi) is 4.70. The van der Waals surface area contributed by atoms with Crippen molar-refractivity contribution in [3.8, 4) is 0 Å². The second-order valence-corrected chi connectivity index (χ2v) is 7.78. The van der Waals surface area contributed by atoms with Gasteiger partial charge in [0.1, 0.15) is 5.82 Å². The van der Waals surface area contributed by atoms with Crippen LogP contribution < -0.4 is 0 Å². The van der Waals surface area contributed by atoms with Gasteiger partial charge in [0.25, 0.3) is 0 Å². The Bertz CT molecular complexity index is 1190. The SMILES string of the molecule is O[C@@H](CN1CC=C(c2c[nH]c3ccccc23)CC1)Cn1ccc2c(F)cccc21. The number of halogens is 1. The topological polar surface area (TPSA) is 44.2 Å². The number of aliphatic hydroxyl groups excluding tert-OH is 1. The first-order chi connectivity index (χ1) is 14.2. The Morgan fingerprint density at radius 2 is 1.93 bits per heavy atom. The summed E-state index contributed by atoms with van der Waals surface area (Å²) in [6.45, 7) is 2.81.